The van der Waals surface area contributed by atoms with Crippen LogP contribution in [0.3, 0.4) is 0 Å². The van der Waals surface area contributed by atoms with Crippen molar-refractivity contribution in [3.63, 3.8) is 0 Å². The highest BCUT2D eigenvalue weighted by Crippen LogP contribution is 2.26. The first-order valence-electron chi connectivity index (χ1n) is 5.41. The highest BCUT2D eigenvalue weighted by molar-refractivity contribution is 7.09. The molecule has 0 aliphatic heterocycles. The Balaban J connectivity index is 2.18. The van der Waals surface area contributed by atoms with Crippen molar-refractivity contribution < 1.29 is 0 Å². The molecule has 2 rings (SSSR count). The number of anilines is 2. The lowest BCUT2D eigenvalue weighted by atomic mass is 10.0. The van der Waals surface area contributed by atoms with E-state index in [9.17, 15) is 0 Å². The third kappa shape index (κ3) is 2.71. The van der Waals surface area contributed by atoms with Crippen molar-refractivity contribution in [3.05, 3.63) is 28.5 Å². The summed E-state index contributed by atoms with van der Waals surface area (Å²) in [6.45, 7) is 4.81. The van der Waals surface area contributed by atoms with Gasteiger partial charge in [0.05, 0.1) is 6.54 Å². The van der Waals surface area contributed by atoms with Crippen LogP contribution >= 0.6 is 11.3 Å². The number of thiazole rings is 1. The molecule has 0 saturated heterocycles. The zero-order valence-electron chi connectivity index (χ0n) is 9.84. The molecule has 0 atom stereocenters. The molecular formula is C11H15N5S. The number of hydrogen-bond acceptors (Lipinski definition) is 6. The lowest BCUT2D eigenvalue weighted by Crippen LogP contribution is -2.09. The standard InChI is InChI=1S/C11H15N5S/c1-7(2)9-10(12)15-6-16-11(9)14-5-8-13-3-4-17-8/h3-4,6-7H,5H2,1-2H3,(H3,12,14,15,16). The maximum Gasteiger partial charge on any atom is 0.135 e. The maximum absolute atomic E-state index is 5.87. The minimum Gasteiger partial charge on any atom is -0.383 e. The fourth-order valence-electron chi connectivity index (χ4n) is 1.62. The monoisotopic (exact) mass is 249 g/mol. The second-order valence-electron chi connectivity index (χ2n) is 3.96. The molecule has 0 saturated carbocycles. The maximum atomic E-state index is 5.87. The van der Waals surface area contributed by atoms with Crippen LogP contribution in [-0.4, -0.2) is 15.0 Å². The highest BCUT2D eigenvalue weighted by atomic mass is 32.1. The summed E-state index contributed by atoms with van der Waals surface area (Å²) in [7, 11) is 0. The topological polar surface area (TPSA) is 76.7 Å². The molecule has 2 aromatic rings. The molecule has 0 bridgehead atoms. The average Bonchev–Trinajstić information content (AvgIpc) is 2.78. The molecule has 0 aromatic carbocycles. The molecule has 90 valence electrons. The lowest BCUT2D eigenvalue weighted by Gasteiger charge is -2.14. The van der Waals surface area contributed by atoms with Gasteiger partial charge in [-0.25, -0.2) is 15.0 Å². The highest BCUT2D eigenvalue weighted by Gasteiger charge is 2.12. The van der Waals surface area contributed by atoms with Crippen LogP contribution in [-0.2, 0) is 6.54 Å². The number of nitrogens with zero attached hydrogens (tertiary/aromatic N) is 3. The number of hydrogen-bond donors (Lipinski definition) is 2. The zero-order chi connectivity index (χ0) is 12.3. The molecule has 6 heteroatoms. The van der Waals surface area contributed by atoms with Gasteiger partial charge >= 0.3 is 0 Å². The summed E-state index contributed by atoms with van der Waals surface area (Å²) in [5.41, 5.74) is 6.83. The molecular weight excluding hydrogens is 234 g/mol. The molecule has 2 aromatic heterocycles. The normalized spacial score (nSPS) is 10.8. The first-order chi connectivity index (χ1) is 8.18. The third-order valence-corrected chi connectivity index (χ3v) is 3.16. The Hall–Kier alpha value is -1.69. The second-order valence-corrected chi connectivity index (χ2v) is 4.93. The SMILES string of the molecule is CC(C)c1c(N)ncnc1NCc1nccs1. The van der Waals surface area contributed by atoms with Crippen molar-refractivity contribution in [3.8, 4) is 0 Å². The van der Waals surface area contributed by atoms with Crippen LogP contribution in [0, 0.1) is 0 Å². The predicted octanol–water partition coefficient (Wildman–Crippen LogP) is 2.25. The Kier molecular flexibility index (Phi) is 3.53. The molecule has 0 amide bonds. The number of rotatable bonds is 4. The molecule has 5 nitrogen and oxygen atoms in total. The first kappa shape index (κ1) is 11.8. The van der Waals surface area contributed by atoms with E-state index in [1.165, 1.54) is 6.33 Å². The quantitative estimate of drug-likeness (QED) is 0.869. The van der Waals surface area contributed by atoms with Gasteiger partial charge in [-0.1, -0.05) is 13.8 Å². The smallest absolute Gasteiger partial charge is 0.135 e. The summed E-state index contributed by atoms with van der Waals surface area (Å²) in [5.74, 6) is 1.62. The van der Waals surface area contributed by atoms with E-state index in [1.54, 1.807) is 17.5 Å². The minimum absolute atomic E-state index is 0.287. The van der Waals surface area contributed by atoms with Crippen molar-refractivity contribution in [1.29, 1.82) is 0 Å². The lowest BCUT2D eigenvalue weighted by molar-refractivity contribution is 0.849. The summed E-state index contributed by atoms with van der Waals surface area (Å²) in [5, 5.41) is 6.23. The van der Waals surface area contributed by atoms with Gasteiger partial charge in [0.1, 0.15) is 23.0 Å². The van der Waals surface area contributed by atoms with Crippen molar-refractivity contribution >= 4 is 23.0 Å². The van der Waals surface area contributed by atoms with Gasteiger partial charge in [-0.2, -0.15) is 0 Å². The van der Waals surface area contributed by atoms with Gasteiger partial charge in [0, 0.05) is 17.1 Å². The van der Waals surface area contributed by atoms with Gasteiger partial charge in [-0.05, 0) is 5.92 Å². The van der Waals surface area contributed by atoms with Crippen LogP contribution in [0.25, 0.3) is 0 Å². The summed E-state index contributed by atoms with van der Waals surface area (Å²) in [6.07, 6.45) is 3.27. The van der Waals surface area contributed by atoms with Gasteiger partial charge in [0.25, 0.3) is 0 Å². The molecule has 0 radical (unpaired) electrons. The van der Waals surface area contributed by atoms with Crippen LogP contribution in [0.2, 0.25) is 0 Å². The second kappa shape index (κ2) is 5.09. The van der Waals surface area contributed by atoms with Gasteiger partial charge < -0.3 is 11.1 Å². The Labute approximate surface area is 104 Å². The number of nitrogens with one attached hydrogen (secondary N) is 1. The number of nitrogen functional groups attached to an aromatic ring is 1. The van der Waals surface area contributed by atoms with E-state index in [1.807, 2.05) is 5.38 Å². The van der Waals surface area contributed by atoms with Gasteiger partial charge in [0.15, 0.2) is 0 Å². The minimum atomic E-state index is 0.287. The van der Waals surface area contributed by atoms with E-state index in [2.05, 4.69) is 34.1 Å². The van der Waals surface area contributed by atoms with E-state index < -0.39 is 0 Å². The molecule has 0 aliphatic carbocycles. The summed E-state index contributed by atoms with van der Waals surface area (Å²) >= 11 is 1.61. The Morgan fingerprint density at radius 2 is 2.18 bits per heavy atom. The van der Waals surface area contributed by atoms with Crippen LogP contribution in [0.15, 0.2) is 17.9 Å². The molecule has 17 heavy (non-hydrogen) atoms. The van der Waals surface area contributed by atoms with Crippen molar-refractivity contribution in [2.75, 3.05) is 11.1 Å². The Bertz CT molecular complexity index is 481. The number of aromatic nitrogens is 3. The fraction of sp³-hybridized carbons (Fsp3) is 0.364. The number of nitrogens with two attached hydrogens (primary N) is 1. The van der Waals surface area contributed by atoms with Crippen molar-refractivity contribution in [2.24, 2.45) is 0 Å². The van der Waals surface area contributed by atoms with Crippen LogP contribution < -0.4 is 11.1 Å². The van der Waals surface area contributed by atoms with Crippen LogP contribution in [0.5, 0.6) is 0 Å². The Morgan fingerprint density at radius 1 is 1.35 bits per heavy atom. The molecule has 0 spiro atoms. The van der Waals surface area contributed by atoms with E-state index in [-0.39, 0.29) is 5.92 Å². The van der Waals surface area contributed by atoms with E-state index in [0.717, 1.165) is 16.4 Å². The van der Waals surface area contributed by atoms with Gasteiger partial charge in [0.2, 0.25) is 0 Å². The molecule has 3 N–H and O–H groups in total. The van der Waals surface area contributed by atoms with Gasteiger partial charge in [-0.15, -0.1) is 11.3 Å². The van der Waals surface area contributed by atoms with E-state index in [4.69, 9.17) is 5.73 Å². The molecule has 0 aliphatic rings. The molecule has 0 fully saturated rings. The average molecular weight is 249 g/mol. The Morgan fingerprint density at radius 3 is 2.82 bits per heavy atom. The van der Waals surface area contributed by atoms with Crippen molar-refractivity contribution in [1.82, 2.24) is 15.0 Å². The van der Waals surface area contributed by atoms with Crippen LogP contribution in [0.4, 0.5) is 11.6 Å². The van der Waals surface area contributed by atoms with E-state index >= 15 is 0 Å². The van der Waals surface area contributed by atoms with E-state index in [0.29, 0.717) is 12.4 Å². The first-order valence-corrected chi connectivity index (χ1v) is 6.29. The predicted molar refractivity (Wildman–Crippen MR) is 70.0 cm³/mol. The third-order valence-electron chi connectivity index (χ3n) is 2.38. The van der Waals surface area contributed by atoms with Crippen molar-refractivity contribution in [2.45, 2.75) is 26.3 Å². The summed E-state index contributed by atoms with van der Waals surface area (Å²) < 4.78 is 0. The summed E-state index contributed by atoms with van der Waals surface area (Å²) in [6, 6.07) is 0. The summed E-state index contributed by atoms with van der Waals surface area (Å²) in [4.78, 5) is 12.5. The largest absolute Gasteiger partial charge is 0.383 e. The zero-order valence-corrected chi connectivity index (χ0v) is 10.7. The van der Waals surface area contributed by atoms with Crippen LogP contribution in [0.1, 0.15) is 30.3 Å². The fourth-order valence-corrected chi connectivity index (χ4v) is 2.17. The molecule has 2 heterocycles. The molecule has 0 unspecified atom stereocenters. The van der Waals surface area contributed by atoms with Gasteiger partial charge in [-0.3, -0.25) is 0 Å².